The number of hydrogen-bond acceptors (Lipinski definition) is 5. The van der Waals surface area contributed by atoms with Crippen molar-refractivity contribution in [3.05, 3.63) is 53.9 Å². The van der Waals surface area contributed by atoms with Gasteiger partial charge in [-0.2, -0.15) is 0 Å². The van der Waals surface area contributed by atoms with Gasteiger partial charge in [0.25, 0.3) is 0 Å². The van der Waals surface area contributed by atoms with Crippen molar-refractivity contribution < 1.29 is 4.42 Å². The maximum absolute atomic E-state index is 5.95. The third kappa shape index (κ3) is 4.59. The highest BCUT2D eigenvalue weighted by Crippen LogP contribution is 2.26. The number of likely N-dealkylation sites (tertiary alicyclic amines) is 1. The van der Waals surface area contributed by atoms with E-state index in [1.807, 2.05) is 41.8 Å². The van der Waals surface area contributed by atoms with Gasteiger partial charge in [0, 0.05) is 19.3 Å². The first kappa shape index (κ1) is 19.4. The third-order valence-corrected chi connectivity index (χ3v) is 5.24. The lowest BCUT2D eigenvalue weighted by Crippen LogP contribution is -2.42. The number of nitrogens with zero attached hydrogens (tertiary/aromatic N) is 5. The van der Waals surface area contributed by atoms with Crippen LogP contribution in [0.1, 0.15) is 43.2 Å². The summed E-state index contributed by atoms with van der Waals surface area (Å²) >= 11 is 0. The van der Waals surface area contributed by atoms with Gasteiger partial charge in [-0.15, -0.1) is 10.2 Å². The molecule has 0 spiro atoms. The molecule has 1 saturated heterocycles. The Kier molecular flexibility index (Phi) is 6.09. The van der Waals surface area contributed by atoms with Crippen LogP contribution in [0.15, 0.2) is 45.9 Å². The second kappa shape index (κ2) is 9.09. The van der Waals surface area contributed by atoms with Gasteiger partial charge in [0.05, 0.1) is 6.04 Å². The molecule has 0 aromatic carbocycles. The number of aryl methyl sites for hydroxylation is 1. The number of pyridine rings is 1. The first-order valence-electron chi connectivity index (χ1n) is 10.4. The van der Waals surface area contributed by atoms with Gasteiger partial charge in [-0.3, -0.25) is 9.30 Å². The van der Waals surface area contributed by atoms with Crippen LogP contribution in [-0.2, 0) is 6.54 Å². The predicted octanol–water partition coefficient (Wildman–Crippen LogP) is 2.52. The molecule has 0 aliphatic carbocycles. The standard InChI is InChI=1S/C21H29N7O/c1-3-22-21(24-15-20-26-25-19-8-4-5-13-28(19)20)23-14-17(27-11-6-7-12-27)18-10-9-16(2)29-18/h4-5,8-10,13,17H,3,6-7,11-12,14-15H2,1-2H3,(H2,22,23,24). The predicted molar refractivity (Wildman–Crippen MR) is 113 cm³/mol. The number of guanidine groups is 1. The SMILES string of the molecule is CCNC(=NCc1nnc2ccccn12)NCC(c1ccc(C)o1)N1CCCC1. The van der Waals surface area contributed by atoms with Crippen LogP contribution in [0.3, 0.4) is 0 Å². The summed E-state index contributed by atoms with van der Waals surface area (Å²) in [5.74, 6) is 3.54. The number of nitrogens with one attached hydrogen (secondary N) is 2. The molecule has 0 saturated carbocycles. The van der Waals surface area contributed by atoms with Gasteiger partial charge in [0.1, 0.15) is 18.1 Å². The zero-order chi connectivity index (χ0) is 20.1. The van der Waals surface area contributed by atoms with E-state index >= 15 is 0 Å². The Hall–Kier alpha value is -2.87. The van der Waals surface area contributed by atoms with Gasteiger partial charge >= 0.3 is 0 Å². The van der Waals surface area contributed by atoms with Crippen molar-refractivity contribution in [1.82, 2.24) is 30.1 Å². The molecule has 8 nitrogen and oxygen atoms in total. The summed E-state index contributed by atoms with van der Waals surface area (Å²) < 4.78 is 7.92. The van der Waals surface area contributed by atoms with Gasteiger partial charge in [-0.25, -0.2) is 4.99 Å². The molecule has 0 amide bonds. The first-order chi connectivity index (χ1) is 14.2. The zero-order valence-corrected chi connectivity index (χ0v) is 17.1. The maximum Gasteiger partial charge on any atom is 0.191 e. The van der Waals surface area contributed by atoms with Crippen molar-refractivity contribution in [2.24, 2.45) is 4.99 Å². The van der Waals surface area contributed by atoms with Gasteiger partial charge in [0.15, 0.2) is 17.4 Å². The number of fused-ring (bicyclic) bond motifs is 1. The largest absolute Gasteiger partial charge is 0.465 e. The monoisotopic (exact) mass is 395 g/mol. The molecule has 8 heteroatoms. The molecule has 1 unspecified atom stereocenters. The fourth-order valence-corrected chi connectivity index (χ4v) is 3.78. The molecule has 2 N–H and O–H groups in total. The Bertz CT molecular complexity index is 955. The van der Waals surface area contributed by atoms with E-state index in [2.05, 4.69) is 38.7 Å². The van der Waals surface area contributed by atoms with Crippen LogP contribution in [0.4, 0.5) is 0 Å². The number of hydrogen-bond donors (Lipinski definition) is 2. The third-order valence-electron chi connectivity index (χ3n) is 5.24. The first-order valence-corrected chi connectivity index (χ1v) is 10.4. The van der Waals surface area contributed by atoms with Crippen LogP contribution in [0, 0.1) is 6.92 Å². The molecular weight excluding hydrogens is 366 g/mol. The minimum Gasteiger partial charge on any atom is -0.465 e. The van der Waals surface area contributed by atoms with Gasteiger partial charge < -0.3 is 15.1 Å². The van der Waals surface area contributed by atoms with E-state index in [0.717, 1.165) is 55.1 Å². The minimum atomic E-state index is 0.198. The average Bonchev–Trinajstić information content (AvgIpc) is 3.48. The Morgan fingerprint density at radius 3 is 2.79 bits per heavy atom. The Labute approximate surface area is 171 Å². The van der Waals surface area contributed by atoms with Crippen molar-refractivity contribution in [2.45, 2.75) is 39.3 Å². The molecule has 3 aromatic rings. The molecule has 1 aliphatic heterocycles. The second-order valence-corrected chi connectivity index (χ2v) is 7.33. The van der Waals surface area contributed by atoms with E-state index in [-0.39, 0.29) is 6.04 Å². The van der Waals surface area contributed by atoms with Crippen LogP contribution in [0.25, 0.3) is 5.65 Å². The van der Waals surface area contributed by atoms with Crippen molar-refractivity contribution in [3.63, 3.8) is 0 Å². The average molecular weight is 396 g/mol. The summed E-state index contributed by atoms with van der Waals surface area (Å²) in [6, 6.07) is 10.2. The van der Waals surface area contributed by atoms with Crippen molar-refractivity contribution in [2.75, 3.05) is 26.2 Å². The number of furan rings is 1. The van der Waals surface area contributed by atoms with Crippen LogP contribution in [0.5, 0.6) is 0 Å². The smallest absolute Gasteiger partial charge is 0.191 e. The van der Waals surface area contributed by atoms with Crippen molar-refractivity contribution >= 4 is 11.6 Å². The van der Waals surface area contributed by atoms with Crippen LogP contribution in [0.2, 0.25) is 0 Å². The summed E-state index contributed by atoms with van der Waals surface area (Å²) in [5.41, 5.74) is 0.831. The van der Waals surface area contributed by atoms with Crippen LogP contribution >= 0.6 is 0 Å². The van der Waals surface area contributed by atoms with E-state index in [1.54, 1.807) is 0 Å². The van der Waals surface area contributed by atoms with Crippen molar-refractivity contribution in [1.29, 1.82) is 0 Å². The van der Waals surface area contributed by atoms with Crippen LogP contribution in [-0.4, -0.2) is 51.6 Å². The molecular formula is C21H29N7O. The quantitative estimate of drug-likeness (QED) is 0.473. The zero-order valence-electron chi connectivity index (χ0n) is 17.1. The fraction of sp³-hybridized carbons (Fsp3) is 0.476. The lowest BCUT2D eigenvalue weighted by molar-refractivity contribution is 0.213. The topological polar surface area (TPSA) is 83.0 Å². The molecule has 29 heavy (non-hydrogen) atoms. The normalized spacial score (nSPS) is 16.4. The Morgan fingerprint density at radius 2 is 2.03 bits per heavy atom. The summed E-state index contributed by atoms with van der Waals surface area (Å²) in [6.07, 6.45) is 4.44. The summed E-state index contributed by atoms with van der Waals surface area (Å²) in [5, 5.41) is 15.3. The highest BCUT2D eigenvalue weighted by atomic mass is 16.3. The molecule has 1 fully saturated rings. The molecule has 4 heterocycles. The molecule has 0 radical (unpaired) electrons. The van der Waals surface area contributed by atoms with Gasteiger partial charge in [0.2, 0.25) is 0 Å². The molecule has 1 atom stereocenters. The number of rotatable bonds is 7. The van der Waals surface area contributed by atoms with Gasteiger partial charge in [-0.05, 0) is 64.0 Å². The summed E-state index contributed by atoms with van der Waals surface area (Å²) in [7, 11) is 0. The molecule has 0 bridgehead atoms. The minimum absolute atomic E-state index is 0.198. The fourth-order valence-electron chi connectivity index (χ4n) is 3.78. The molecule has 3 aromatic heterocycles. The number of aromatic nitrogens is 3. The van der Waals surface area contributed by atoms with E-state index in [4.69, 9.17) is 9.41 Å². The highest BCUT2D eigenvalue weighted by molar-refractivity contribution is 5.79. The van der Waals surface area contributed by atoms with E-state index in [9.17, 15) is 0 Å². The lowest BCUT2D eigenvalue weighted by atomic mass is 10.2. The summed E-state index contributed by atoms with van der Waals surface area (Å²) in [4.78, 5) is 7.21. The molecule has 1 aliphatic rings. The van der Waals surface area contributed by atoms with Gasteiger partial charge in [-0.1, -0.05) is 6.07 Å². The lowest BCUT2D eigenvalue weighted by Gasteiger charge is -2.26. The van der Waals surface area contributed by atoms with E-state index < -0.39 is 0 Å². The molecule has 154 valence electrons. The highest BCUT2D eigenvalue weighted by Gasteiger charge is 2.26. The summed E-state index contributed by atoms with van der Waals surface area (Å²) in [6.45, 7) is 8.25. The van der Waals surface area contributed by atoms with E-state index in [1.165, 1.54) is 12.8 Å². The Morgan fingerprint density at radius 1 is 1.17 bits per heavy atom. The maximum atomic E-state index is 5.95. The van der Waals surface area contributed by atoms with Crippen LogP contribution < -0.4 is 10.6 Å². The molecule has 4 rings (SSSR count). The Balaban J connectivity index is 1.46. The van der Waals surface area contributed by atoms with Crippen molar-refractivity contribution in [3.8, 4) is 0 Å². The number of aliphatic imine (C=N–C) groups is 1. The second-order valence-electron chi connectivity index (χ2n) is 7.33. The van der Waals surface area contributed by atoms with E-state index in [0.29, 0.717) is 6.54 Å².